The molecular weight excluding hydrogens is 362 g/mol. The molecule has 0 atom stereocenters. The molecule has 100 valence electrons. The van der Waals surface area contributed by atoms with Crippen LogP contribution in [0, 0.1) is 10.1 Å². The van der Waals surface area contributed by atoms with Gasteiger partial charge in [0.05, 0.1) is 4.92 Å². The van der Waals surface area contributed by atoms with Crippen LogP contribution in [-0.2, 0) is 10.0 Å². The molecule has 1 heterocycles. The van der Waals surface area contributed by atoms with Gasteiger partial charge in [-0.15, -0.1) is 0 Å². The van der Waals surface area contributed by atoms with Gasteiger partial charge in [0.1, 0.15) is 0 Å². The van der Waals surface area contributed by atoms with Gasteiger partial charge in [-0.25, -0.2) is 8.42 Å². The van der Waals surface area contributed by atoms with Gasteiger partial charge in [-0.3, -0.25) is 14.8 Å². The quantitative estimate of drug-likeness (QED) is 0.640. The number of nitrogens with one attached hydrogen (secondary N) is 1. The summed E-state index contributed by atoms with van der Waals surface area (Å²) in [5.74, 6) is 0. The maximum atomic E-state index is 12.1. The van der Waals surface area contributed by atoms with Gasteiger partial charge in [0.25, 0.3) is 15.7 Å². The molecule has 19 heavy (non-hydrogen) atoms. The zero-order valence-corrected chi connectivity index (χ0v) is 12.1. The third-order valence-corrected chi connectivity index (χ3v) is 4.43. The number of hydrogen-bond donors (Lipinski definition) is 1. The van der Waals surface area contributed by atoms with E-state index < -0.39 is 25.5 Å². The van der Waals surface area contributed by atoms with Crippen molar-refractivity contribution >= 4 is 48.3 Å². The summed E-state index contributed by atoms with van der Waals surface area (Å²) in [7, 11) is -4.14. The van der Waals surface area contributed by atoms with Gasteiger partial charge in [-0.1, -0.05) is 25.5 Å². The first-order valence-electron chi connectivity index (χ1n) is 4.52. The molecule has 1 N–H and O–H groups in total. The average molecular weight is 366 g/mol. The first-order valence-corrected chi connectivity index (χ1v) is 7.57. The monoisotopic (exact) mass is 365 g/mol. The molecule has 0 aliphatic heterocycles. The van der Waals surface area contributed by atoms with Gasteiger partial charge in [-0.05, 0) is 17.3 Å². The minimum atomic E-state index is -4.14. The maximum Gasteiger partial charge on any atom is 0.289 e. The molecule has 0 unspecified atom stereocenters. The standard InChI is InChI=1S/C7H4BrN5O4S2/c8-4-1-2-5(13(14)15)6(3-4)19(16,17)10-7-9-11-12-18-7/h1-3H,(H,9,10,12). The number of nitro groups is 1. The zero-order valence-electron chi connectivity index (χ0n) is 8.85. The first-order chi connectivity index (χ1) is 8.90. The van der Waals surface area contributed by atoms with Gasteiger partial charge in [0.2, 0.25) is 5.13 Å². The third-order valence-electron chi connectivity index (χ3n) is 1.93. The molecule has 0 fully saturated rings. The van der Waals surface area contributed by atoms with Crippen LogP contribution in [0.25, 0.3) is 0 Å². The van der Waals surface area contributed by atoms with E-state index in [1.165, 1.54) is 6.07 Å². The molecule has 0 spiro atoms. The lowest BCUT2D eigenvalue weighted by atomic mass is 10.3. The maximum absolute atomic E-state index is 12.1. The third kappa shape index (κ3) is 3.02. The molecule has 0 amide bonds. The van der Waals surface area contributed by atoms with Crippen LogP contribution in [0.1, 0.15) is 0 Å². The molecule has 0 bridgehead atoms. The number of nitro benzene ring substituents is 1. The summed E-state index contributed by atoms with van der Waals surface area (Å²) >= 11 is 3.78. The number of nitrogens with zero attached hydrogens (tertiary/aromatic N) is 4. The van der Waals surface area contributed by atoms with Crippen LogP contribution in [0.4, 0.5) is 10.8 Å². The second-order valence-corrected chi connectivity index (χ2v) is 6.44. The zero-order chi connectivity index (χ0) is 14.0. The summed E-state index contributed by atoms with van der Waals surface area (Å²) in [4.78, 5) is 9.59. The van der Waals surface area contributed by atoms with E-state index >= 15 is 0 Å². The van der Waals surface area contributed by atoms with Crippen molar-refractivity contribution < 1.29 is 13.3 Å². The van der Waals surface area contributed by atoms with Crippen molar-refractivity contribution in [2.45, 2.75) is 4.90 Å². The molecule has 0 saturated heterocycles. The predicted molar refractivity (Wildman–Crippen MR) is 69.3 cm³/mol. The fraction of sp³-hybridized carbons (Fsp3) is 0. The molecule has 12 heteroatoms. The Morgan fingerprint density at radius 2 is 2.16 bits per heavy atom. The first kappa shape index (κ1) is 13.8. The number of sulfonamides is 1. The summed E-state index contributed by atoms with van der Waals surface area (Å²) < 4.78 is 30.0. The Labute approximate surface area is 119 Å². The molecule has 0 aliphatic rings. The Kier molecular flexibility index (Phi) is 3.73. The number of benzene rings is 1. The Morgan fingerprint density at radius 1 is 1.42 bits per heavy atom. The number of hydrogen-bond acceptors (Lipinski definition) is 8. The number of aromatic nitrogens is 3. The second-order valence-electron chi connectivity index (χ2n) is 3.14. The average Bonchev–Trinajstić information content (AvgIpc) is 2.80. The van der Waals surface area contributed by atoms with Crippen molar-refractivity contribution in [3.05, 3.63) is 32.8 Å². The second kappa shape index (κ2) is 5.14. The van der Waals surface area contributed by atoms with Gasteiger partial charge in [-0.2, -0.15) is 0 Å². The minimum absolute atomic E-state index is 0.0747. The Hall–Kier alpha value is -1.66. The molecule has 1 aromatic heterocycles. The number of anilines is 1. The van der Waals surface area contributed by atoms with Crippen molar-refractivity contribution in [1.82, 2.24) is 14.8 Å². The molecule has 1 aromatic carbocycles. The van der Waals surface area contributed by atoms with Crippen molar-refractivity contribution in [3.8, 4) is 0 Å². The van der Waals surface area contributed by atoms with Crippen LogP contribution >= 0.6 is 27.5 Å². The fourth-order valence-electron chi connectivity index (χ4n) is 1.20. The van der Waals surface area contributed by atoms with Crippen LogP contribution < -0.4 is 4.72 Å². The number of rotatable bonds is 4. The van der Waals surface area contributed by atoms with Crippen molar-refractivity contribution in [2.24, 2.45) is 0 Å². The smallest absolute Gasteiger partial charge is 0.258 e. The van der Waals surface area contributed by atoms with Crippen LogP contribution in [0.5, 0.6) is 0 Å². The molecule has 0 aliphatic carbocycles. The van der Waals surface area contributed by atoms with Gasteiger partial charge < -0.3 is 0 Å². The van der Waals surface area contributed by atoms with Gasteiger partial charge in [0, 0.05) is 22.1 Å². The minimum Gasteiger partial charge on any atom is -0.258 e. The molecule has 0 radical (unpaired) electrons. The lowest BCUT2D eigenvalue weighted by Gasteiger charge is -2.05. The highest BCUT2D eigenvalue weighted by Crippen LogP contribution is 2.28. The van der Waals surface area contributed by atoms with E-state index in [2.05, 4.69) is 35.5 Å². The normalized spacial score (nSPS) is 11.2. The molecule has 0 saturated carbocycles. The lowest BCUT2D eigenvalue weighted by molar-refractivity contribution is -0.387. The van der Waals surface area contributed by atoms with E-state index in [4.69, 9.17) is 0 Å². The SMILES string of the molecule is O=[N+]([O-])c1ccc(Br)cc1S(=O)(=O)Nc1nnns1. The highest BCUT2D eigenvalue weighted by molar-refractivity contribution is 9.10. The van der Waals surface area contributed by atoms with E-state index in [-0.39, 0.29) is 5.13 Å². The summed E-state index contributed by atoms with van der Waals surface area (Å²) in [6.07, 6.45) is 0. The highest BCUT2D eigenvalue weighted by Gasteiger charge is 2.27. The predicted octanol–water partition coefficient (Wildman–Crippen LogP) is 1.40. The highest BCUT2D eigenvalue weighted by atomic mass is 79.9. The van der Waals surface area contributed by atoms with E-state index in [0.717, 1.165) is 23.7 Å². The molecule has 2 rings (SSSR count). The molecular formula is C7H4BrN5O4S2. The lowest BCUT2D eigenvalue weighted by Crippen LogP contribution is -2.14. The van der Waals surface area contributed by atoms with Crippen molar-refractivity contribution in [2.75, 3.05) is 4.72 Å². The van der Waals surface area contributed by atoms with E-state index in [1.807, 2.05) is 0 Å². The number of halogens is 1. The largest absolute Gasteiger partial charge is 0.289 e. The summed E-state index contributed by atoms with van der Waals surface area (Å²) in [6, 6.07) is 3.61. The summed E-state index contributed by atoms with van der Waals surface area (Å²) in [5, 5.41) is 17.4. The topological polar surface area (TPSA) is 128 Å². The molecule has 9 nitrogen and oxygen atoms in total. The Bertz CT molecular complexity index is 717. The summed E-state index contributed by atoms with van der Waals surface area (Å²) in [6.45, 7) is 0. The van der Waals surface area contributed by atoms with E-state index in [0.29, 0.717) is 4.47 Å². The van der Waals surface area contributed by atoms with Gasteiger partial charge >= 0.3 is 0 Å². The van der Waals surface area contributed by atoms with Crippen molar-refractivity contribution in [1.29, 1.82) is 0 Å². The van der Waals surface area contributed by atoms with Crippen LogP contribution in [-0.4, -0.2) is 28.1 Å². The van der Waals surface area contributed by atoms with E-state index in [1.54, 1.807) is 0 Å². The van der Waals surface area contributed by atoms with Crippen molar-refractivity contribution in [3.63, 3.8) is 0 Å². The van der Waals surface area contributed by atoms with Crippen LogP contribution in [0.15, 0.2) is 27.6 Å². The van der Waals surface area contributed by atoms with E-state index in [9.17, 15) is 18.5 Å². The fourth-order valence-corrected chi connectivity index (χ4v) is 3.49. The van der Waals surface area contributed by atoms with Crippen LogP contribution in [0.3, 0.4) is 0 Å². The molecule has 2 aromatic rings. The van der Waals surface area contributed by atoms with Crippen LogP contribution in [0.2, 0.25) is 0 Å². The Morgan fingerprint density at radius 3 is 2.74 bits per heavy atom. The summed E-state index contributed by atoms with van der Waals surface area (Å²) in [5.41, 5.74) is -0.534. The Balaban J connectivity index is 2.50. The van der Waals surface area contributed by atoms with Gasteiger partial charge in [0.15, 0.2) is 4.90 Å².